The van der Waals surface area contributed by atoms with Gasteiger partial charge in [-0.3, -0.25) is 9.89 Å². The second-order valence-corrected chi connectivity index (χ2v) is 7.78. The number of benzene rings is 1. The Hall–Kier alpha value is -2.34. The van der Waals surface area contributed by atoms with Crippen LogP contribution in [0.2, 0.25) is 0 Å². The summed E-state index contributed by atoms with van der Waals surface area (Å²) in [7, 11) is 1.79. The Balaban J connectivity index is 1.61. The summed E-state index contributed by atoms with van der Waals surface area (Å²) in [4.78, 5) is 14.4. The largest absolute Gasteiger partial charge is 0.491 e. The zero-order valence-electron chi connectivity index (χ0n) is 16.1. The average Bonchev–Trinajstić information content (AvgIpc) is 3.04. The molecule has 140 valence electrons. The van der Waals surface area contributed by atoms with Crippen molar-refractivity contribution < 1.29 is 9.53 Å². The Morgan fingerprint density at radius 3 is 2.85 bits per heavy atom. The minimum atomic E-state index is -0.0705. The molecule has 1 aromatic heterocycles. The van der Waals surface area contributed by atoms with E-state index in [2.05, 4.69) is 42.4 Å². The van der Waals surface area contributed by atoms with E-state index in [1.165, 1.54) is 5.56 Å². The van der Waals surface area contributed by atoms with Crippen molar-refractivity contribution in [1.29, 1.82) is 0 Å². The van der Waals surface area contributed by atoms with E-state index in [9.17, 15) is 4.79 Å². The summed E-state index contributed by atoms with van der Waals surface area (Å²) in [5.41, 5.74) is 3.76. The highest BCUT2D eigenvalue weighted by molar-refractivity contribution is 5.93. The molecular weight excluding hydrogens is 328 g/mol. The molecule has 0 fully saturated rings. The first-order chi connectivity index (χ1) is 12.4. The lowest BCUT2D eigenvalue weighted by molar-refractivity contribution is 0.0766. The van der Waals surface area contributed by atoms with E-state index in [-0.39, 0.29) is 11.3 Å². The molecule has 1 amide bonds. The van der Waals surface area contributed by atoms with Crippen molar-refractivity contribution in [3.8, 4) is 5.75 Å². The van der Waals surface area contributed by atoms with E-state index >= 15 is 0 Å². The normalized spacial score (nSPS) is 14.0. The number of nitrogens with one attached hydrogen (secondary N) is 2. The van der Waals surface area contributed by atoms with Gasteiger partial charge in [-0.25, -0.2) is 0 Å². The zero-order valence-corrected chi connectivity index (χ0v) is 16.1. The van der Waals surface area contributed by atoms with E-state index in [1.54, 1.807) is 11.9 Å². The minimum Gasteiger partial charge on any atom is -0.491 e. The molecule has 2 N–H and O–H groups in total. The van der Waals surface area contributed by atoms with Crippen molar-refractivity contribution in [2.24, 2.45) is 0 Å². The molecule has 6 nitrogen and oxygen atoms in total. The summed E-state index contributed by atoms with van der Waals surface area (Å²) < 4.78 is 5.98. The van der Waals surface area contributed by atoms with Crippen LogP contribution < -0.4 is 10.1 Å². The Bertz CT molecular complexity index is 776. The van der Waals surface area contributed by atoms with Gasteiger partial charge in [-0.05, 0) is 17.0 Å². The van der Waals surface area contributed by atoms with Gasteiger partial charge in [0.25, 0.3) is 5.91 Å². The summed E-state index contributed by atoms with van der Waals surface area (Å²) in [6.45, 7) is 9.06. The van der Waals surface area contributed by atoms with Gasteiger partial charge in [-0.1, -0.05) is 39.0 Å². The maximum absolute atomic E-state index is 12.7. The van der Waals surface area contributed by atoms with E-state index in [1.807, 2.05) is 18.2 Å². The van der Waals surface area contributed by atoms with Crippen LogP contribution in [-0.2, 0) is 18.4 Å². The van der Waals surface area contributed by atoms with Crippen molar-refractivity contribution >= 4 is 5.91 Å². The Labute approximate surface area is 154 Å². The summed E-state index contributed by atoms with van der Waals surface area (Å²) in [6.07, 6.45) is 0.881. The topological polar surface area (TPSA) is 70.2 Å². The molecule has 0 radical (unpaired) electrons. The van der Waals surface area contributed by atoms with E-state index < -0.39 is 0 Å². The summed E-state index contributed by atoms with van der Waals surface area (Å²) in [5, 5.41) is 10.5. The third kappa shape index (κ3) is 3.90. The molecule has 1 aromatic carbocycles. The minimum absolute atomic E-state index is 0.0133. The van der Waals surface area contributed by atoms with Crippen LogP contribution in [0.5, 0.6) is 5.75 Å². The van der Waals surface area contributed by atoms with Crippen molar-refractivity contribution in [1.82, 2.24) is 20.4 Å². The number of para-hydroxylation sites is 1. The van der Waals surface area contributed by atoms with Gasteiger partial charge in [0.2, 0.25) is 0 Å². The van der Waals surface area contributed by atoms with Gasteiger partial charge in [0, 0.05) is 37.8 Å². The fraction of sp³-hybridized carbons (Fsp3) is 0.500. The molecule has 0 saturated carbocycles. The highest BCUT2D eigenvalue weighted by Gasteiger charge is 2.24. The fourth-order valence-corrected chi connectivity index (χ4v) is 3.19. The van der Waals surface area contributed by atoms with E-state index in [0.29, 0.717) is 25.4 Å². The SMILES string of the molecule is CN(CCOc1ccccc1C(C)(C)C)C(=O)c1n[nH]c2c1CNCC2. The molecule has 0 bridgehead atoms. The number of fused-ring (bicyclic) bond motifs is 1. The van der Waals surface area contributed by atoms with Crippen molar-refractivity contribution in [2.75, 3.05) is 26.7 Å². The van der Waals surface area contributed by atoms with Crippen molar-refractivity contribution in [3.63, 3.8) is 0 Å². The van der Waals surface area contributed by atoms with Crippen LogP contribution in [0, 0.1) is 0 Å². The molecule has 3 rings (SSSR count). The van der Waals surface area contributed by atoms with Crippen LogP contribution >= 0.6 is 0 Å². The standard InChI is InChI=1S/C20H28N4O2/c1-20(2,3)15-7-5-6-8-17(15)26-12-11-24(4)19(25)18-14-13-21-10-9-16(14)22-23-18/h5-8,21H,9-13H2,1-4H3,(H,22,23). The van der Waals surface area contributed by atoms with Gasteiger partial charge in [0.15, 0.2) is 5.69 Å². The molecule has 0 spiro atoms. The van der Waals surface area contributed by atoms with Crippen molar-refractivity contribution in [2.45, 2.75) is 39.2 Å². The quantitative estimate of drug-likeness (QED) is 0.864. The van der Waals surface area contributed by atoms with Crippen LogP contribution in [0.15, 0.2) is 24.3 Å². The highest BCUT2D eigenvalue weighted by Crippen LogP contribution is 2.30. The molecule has 6 heteroatoms. The molecule has 0 aliphatic carbocycles. The molecule has 1 aliphatic rings. The highest BCUT2D eigenvalue weighted by atomic mass is 16.5. The number of rotatable bonds is 5. The number of aromatic amines is 1. The first-order valence-electron chi connectivity index (χ1n) is 9.12. The van der Waals surface area contributed by atoms with Gasteiger partial charge in [0.05, 0.1) is 6.54 Å². The molecule has 2 heterocycles. The van der Waals surface area contributed by atoms with Gasteiger partial charge in [-0.2, -0.15) is 5.10 Å². The predicted octanol–water partition coefficient (Wildman–Crippen LogP) is 2.50. The number of hydrogen-bond acceptors (Lipinski definition) is 4. The van der Waals surface area contributed by atoms with Crippen molar-refractivity contribution in [3.05, 3.63) is 46.8 Å². The van der Waals surface area contributed by atoms with E-state index in [0.717, 1.165) is 30.0 Å². The summed E-state index contributed by atoms with van der Waals surface area (Å²) in [5.74, 6) is 0.807. The maximum atomic E-state index is 12.7. The third-order valence-corrected chi connectivity index (χ3v) is 4.73. The smallest absolute Gasteiger partial charge is 0.274 e. The number of likely N-dealkylation sites (N-methyl/N-ethyl adjacent to an activating group) is 1. The fourth-order valence-electron chi connectivity index (χ4n) is 3.19. The average molecular weight is 356 g/mol. The summed E-state index contributed by atoms with van der Waals surface area (Å²) in [6, 6.07) is 8.08. The van der Waals surface area contributed by atoms with Crippen LogP contribution in [0.25, 0.3) is 0 Å². The van der Waals surface area contributed by atoms with Crippen LogP contribution in [0.4, 0.5) is 0 Å². The Morgan fingerprint density at radius 2 is 2.08 bits per heavy atom. The molecule has 0 unspecified atom stereocenters. The lowest BCUT2D eigenvalue weighted by atomic mass is 9.86. The molecular formula is C20H28N4O2. The molecule has 0 atom stereocenters. The number of carbonyl (C=O) groups excluding carboxylic acids is 1. The number of nitrogens with zero attached hydrogens (tertiary/aromatic N) is 2. The lowest BCUT2D eigenvalue weighted by Gasteiger charge is -2.23. The maximum Gasteiger partial charge on any atom is 0.274 e. The second-order valence-electron chi connectivity index (χ2n) is 7.78. The monoisotopic (exact) mass is 356 g/mol. The van der Waals surface area contributed by atoms with Gasteiger partial charge in [0.1, 0.15) is 12.4 Å². The molecule has 26 heavy (non-hydrogen) atoms. The molecule has 2 aromatic rings. The number of aromatic nitrogens is 2. The zero-order chi connectivity index (χ0) is 18.7. The Kier molecular flexibility index (Phi) is 5.32. The molecule has 1 aliphatic heterocycles. The van der Waals surface area contributed by atoms with E-state index in [4.69, 9.17) is 4.74 Å². The number of carbonyl (C=O) groups is 1. The number of amides is 1. The second kappa shape index (κ2) is 7.50. The first kappa shape index (κ1) is 18.5. The summed E-state index contributed by atoms with van der Waals surface area (Å²) >= 11 is 0. The Morgan fingerprint density at radius 1 is 1.31 bits per heavy atom. The van der Waals surface area contributed by atoms with Gasteiger partial charge < -0.3 is 15.0 Å². The number of hydrogen-bond donors (Lipinski definition) is 2. The predicted molar refractivity (Wildman–Crippen MR) is 102 cm³/mol. The third-order valence-electron chi connectivity index (χ3n) is 4.73. The van der Waals surface area contributed by atoms with Gasteiger partial charge >= 0.3 is 0 Å². The number of ether oxygens (including phenoxy) is 1. The van der Waals surface area contributed by atoms with Crippen LogP contribution in [0.3, 0.4) is 0 Å². The first-order valence-corrected chi connectivity index (χ1v) is 9.12. The molecule has 0 saturated heterocycles. The lowest BCUT2D eigenvalue weighted by Crippen LogP contribution is -2.33. The van der Waals surface area contributed by atoms with Crippen LogP contribution in [0.1, 0.15) is 48.1 Å². The van der Waals surface area contributed by atoms with Crippen LogP contribution in [-0.4, -0.2) is 47.7 Å². The number of H-pyrrole nitrogens is 1. The van der Waals surface area contributed by atoms with Gasteiger partial charge in [-0.15, -0.1) is 0 Å².